The van der Waals surface area contributed by atoms with Crippen LogP contribution in [0.25, 0.3) is 10.2 Å². The fourth-order valence-electron chi connectivity index (χ4n) is 4.79. The van der Waals surface area contributed by atoms with Crippen LogP contribution >= 0.6 is 11.3 Å². The summed E-state index contributed by atoms with van der Waals surface area (Å²) >= 11 is 1.24. The van der Waals surface area contributed by atoms with Gasteiger partial charge in [0, 0.05) is 25.3 Å². The minimum Gasteiger partial charge on any atom is -0.494 e. The second-order valence-corrected chi connectivity index (χ2v) is 9.76. The summed E-state index contributed by atoms with van der Waals surface area (Å²) in [5.74, 6) is 0.307. The molecule has 2 N–H and O–H groups in total. The molecule has 4 heterocycles. The summed E-state index contributed by atoms with van der Waals surface area (Å²) in [6.07, 6.45) is 4.51. The normalized spacial score (nSPS) is 17.1. The lowest BCUT2D eigenvalue weighted by atomic mass is 10.1. The van der Waals surface area contributed by atoms with Crippen molar-refractivity contribution in [1.82, 2.24) is 15.2 Å². The van der Waals surface area contributed by atoms with Crippen LogP contribution in [0.5, 0.6) is 5.75 Å². The highest BCUT2D eigenvalue weighted by molar-refractivity contribution is 7.21. The lowest BCUT2D eigenvalue weighted by molar-refractivity contribution is -0.127. The number of likely N-dealkylation sites (tertiary alicyclic amines) is 1. The van der Waals surface area contributed by atoms with E-state index in [-0.39, 0.29) is 23.9 Å². The smallest absolute Gasteiger partial charge is 0.331 e. The Labute approximate surface area is 212 Å². The first-order chi connectivity index (χ1) is 17.4. The van der Waals surface area contributed by atoms with Crippen LogP contribution in [-0.4, -0.2) is 53.5 Å². The predicted molar refractivity (Wildman–Crippen MR) is 140 cm³/mol. The van der Waals surface area contributed by atoms with Gasteiger partial charge in [0.05, 0.1) is 29.1 Å². The number of nitrogens with zero attached hydrogens (tertiary/aromatic N) is 3. The van der Waals surface area contributed by atoms with E-state index in [1.165, 1.54) is 17.4 Å². The van der Waals surface area contributed by atoms with Gasteiger partial charge >= 0.3 is 6.03 Å². The molecule has 3 aromatic rings. The van der Waals surface area contributed by atoms with Crippen LogP contribution in [0, 0.1) is 6.92 Å². The summed E-state index contributed by atoms with van der Waals surface area (Å²) in [6, 6.07) is 6.85. The third kappa shape index (κ3) is 4.17. The SMILES string of the molecule is C=CC(=O)N1CCCC(NC(=O)c2sc3nccc4c3c2NC(=O)N4c2ccc(OCC)cc2C)C1. The quantitative estimate of drug-likeness (QED) is 0.477. The zero-order valence-corrected chi connectivity index (χ0v) is 21.0. The Morgan fingerprint density at radius 2 is 2.17 bits per heavy atom. The van der Waals surface area contributed by atoms with Crippen LogP contribution in [0.4, 0.5) is 21.9 Å². The number of aryl methyl sites for hydroxylation is 1. The highest BCUT2D eigenvalue weighted by Crippen LogP contribution is 2.46. The second-order valence-electron chi connectivity index (χ2n) is 8.76. The number of aromatic nitrogens is 1. The molecular formula is C26H27N5O4S. The molecule has 2 aromatic heterocycles. The molecule has 2 aliphatic rings. The van der Waals surface area contributed by atoms with Gasteiger partial charge in [-0.15, -0.1) is 11.3 Å². The van der Waals surface area contributed by atoms with Crippen molar-refractivity contribution >= 4 is 56.5 Å². The molecule has 0 aliphatic carbocycles. The maximum Gasteiger partial charge on any atom is 0.331 e. The van der Waals surface area contributed by atoms with Gasteiger partial charge in [-0.1, -0.05) is 6.58 Å². The van der Waals surface area contributed by atoms with E-state index in [1.54, 1.807) is 22.1 Å². The highest BCUT2D eigenvalue weighted by atomic mass is 32.1. The maximum atomic E-state index is 13.4. The van der Waals surface area contributed by atoms with Gasteiger partial charge in [-0.25, -0.2) is 9.78 Å². The van der Waals surface area contributed by atoms with Gasteiger partial charge in [-0.3, -0.25) is 14.5 Å². The van der Waals surface area contributed by atoms with Gasteiger partial charge in [0.15, 0.2) is 0 Å². The van der Waals surface area contributed by atoms with Gasteiger partial charge in [0.1, 0.15) is 15.5 Å². The van der Waals surface area contributed by atoms with Gasteiger partial charge in [-0.05, 0) is 62.6 Å². The fourth-order valence-corrected chi connectivity index (χ4v) is 5.82. The zero-order chi connectivity index (χ0) is 25.4. The van der Waals surface area contributed by atoms with Crippen molar-refractivity contribution < 1.29 is 19.1 Å². The molecule has 0 saturated carbocycles. The van der Waals surface area contributed by atoms with Crippen molar-refractivity contribution in [3.8, 4) is 5.75 Å². The van der Waals surface area contributed by atoms with Crippen molar-refractivity contribution in [3.63, 3.8) is 0 Å². The molecule has 1 fully saturated rings. The van der Waals surface area contributed by atoms with Gasteiger partial charge in [0.2, 0.25) is 5.91 Å². The number of carbonyl (C=O) groups excluding carboxylic acids is 3. The largest absolute Gasteiger partial charge is 0.494 e. The van der Waals surface area contributed by atoms with Crippen molar-refractivity contribution in [2.24, 2.45) is 0 Å². The molecule has 9 nitrogen and oxygen atoms in total. The number of pyridine rings is 1. The molecule has 186 valence electrons. The lowest BCUT2D eigenvalue weighted by Gasteiger charge is -2.32. The van der Waals surface area contributed by atoms with Crippen LogP contribution in [0.2, 0.25) is 0 Å². The van der Waals surface area contributed by atoms with E-state index in [9.17, 15) is 14.4 Å². The number of hydrogen-bond acceptors (Lipinski definition) is 6. The van der Waals surface area contributed by atoms with Crippen LogP contribution in [-0.2, 0) is 4.79 Å². The summed E-state index contributed by atoms with van der Waals surface area (Å²) in [5.41, 5.74) is 2.74. The number of piperidine rings is 1. The van der Waals surface area contributed by atoms with Gasteiger partial charge < -0.3 is 20.3 Å². The van der Waals surface area contributed by atoms with Crippen molar-refractivity contribution in [2.45, 2.75) is 32.7 Å². The standard InChI is InChI=1S/C26H27N5O4S/c1-4-20(32)30-12-6-7-16(14-30)28-24(33)23-22-21-19(10-11-27-25(21)36-23)31(26(34)29-22)18-9-8-17(35-5-2)13-15(18)3/h4,8-11,13,16H,1,5-7,12,14H2,2-3H3,(H,28,33)(H,29,34). The average molecular weight is 506 g/mol. The Bertz CT molecular complexity index is 1380. The average Bonchev–Trinajstić information content (AvgIpc) is 3.24. The van der Waals surface area contributed by atoms with Crippen LogP contribution in [0.15, 0.2) is 43.1 Å². The van der Waals surface area contributed by atoms with E-state index in [1.807, 2.05) is 32.0 Å². The van der Waals surface area contributed by atoms with Gasteiger partial charge in [0.25, 0.3) is 5.91 Å². The van der Waals surface area contributed by atoms with E-state index < -0.39 is 0 Å². The molecular weight excluding hydrogens is 478 g/mol. The number of carbonyl (C=O) groups is 3. The number of urea groups is 1. The lowest BCUT2D eigenvalue weighted by Crippen LogP contribution is -2.49. The highest BCUT2D eigenvalue weighted by Gasteiger charge is 2.34. The Kier molecular flexibility index (Phi) is 6.36. The molecule has 2 aliphatic heterocycles. The minimum absolute atomic E-state index is 0.142. The summed E-state index contributed by atoms with van der Waals surface area (Å²) in [5, 5.41) is 6.70. The number of thiophene rings is 1. The fraction of sp³-hybridized carbons (Fsp3) is 0.308. The summed E-state index contributed by atoms with van der Waals surface area (Å²) in [4.78, 5) is 47.5. The number of nitrogens with one attached hydrogen (secondary N) is 2. The van der Waals surface area contributed by atoms with Crippen LogP contribution < -0.4 is 20.3 Å². The van der Waals surface area contributed by atoms with E-state index >= 15 is 0 Å². The Morgan fingerprint density at radius 3 is 2.92 bits per heavy atom. The molecule has 4 amide bonds. The van der Waals surface area contributed by atoms with Crippen LogP contribution in [0.3, 0.4) is 0 Å². The molecule has 5 rings (SSSR count). The first-order valence-corrected chi connectivity index (χ1v) is 12.7. The topological polar surface area (TPSA) is 104 Å². The van der Waals surface area contributed by atoms with E-state index in [0.717, 1.165) is 35.2 Å². The van der Waals surface area contributed by atoms with Crippen molar-refractivity contribution in [3.05, 3.63) is 53.6 Å². The van der Waals surface area contributed by atoms with E-state index in [2.05, 4.69) is 22.2 Å². The minimum atomic E-state index is -0.352. The van der Waals surface area contributed by atoms with E-state index in [4.69, 9.17) is 4.74 Å². The monoisotopic (exact) mass is 505 g/mol. The molecule has 0 spiro atoms. The third-order valence-electron chi connectivity index (χ3n) is 6.42. The number of hydrogen-bond donors (Lipinski definition) is 2. The molecule has 1 unspecified atom stereocenters. The number of benzene rings is 1. The number of rotatable bonds is 6. The van der Waals surface area contributed by atoms with Crippen molar-refractivity contribution in [2.75, 3.05) is 29.9 Å². The molecule has 1 aromatic carbocycles. The molecule has 0 bridgehead atoms. The zero-order valence-electron chi connectivity index (χ0n) is 20.2. The Hall–Kier alpha value is -3.92. The van der Waals surface area contributed by atoms with Crippen molar-refractivity contribution in [1.29, 1.82) is 0 Å². The Morgan fingerprint density at radius 1 is 1.33 bits per heavy atom. The first-order valence-electron chi connectivity index (χ1n) is 11.9. The van der Waals surface area contributed by atoms with E-state index in [0.29, 0.717) is 40.8 Å². The summed E-state index contributed by atoms with van der Waals surface area (Å²) in [6.45, 7) is 9.03. The van der Waals surface area contributed by atoms with Gasteiger partial charge in [-0.2, -0.15) is 0 Å². The van der Waals surface area contributed by atoms with Crippen LogP contribution in [0.1, 0.15) is 35.0 Å². The Balaban J connectivity index is 1.47. The maximum absolute atomic E-state index is 13.4. The predicted octanol–water partition coefficient (Wildman–Crippen LogP) is 4.59. The second kappa shape index (κ2) is 9.62. The summed E-state index contributed by atoms with van der Waals surface area (Å²) in [7, 11) is 0. The molecule has 0 radical (unpaired) electrons. The molecule has 1 saturated heterocycles. The molecule has 36 heavy (non-hydrogen) atoms. The molecule has 1 atom stereocenters. The third-order valence-corrected chi connectivity index (χ3v) is 7.51. The number of amides is 4. The first kappa shape index (κ1) is 23.8. The number of ether oxygens (including phenoxy) is 1. The number of anilines is 3. The molecule has 10 heteroatoms. The summed E-state index contributed by atoms with van der Waals surface area (Å²) < 4.78 is 5.59.